The lowest BCUT2D eigenvalue weighted by Gasteiger charge is -2.06. The third-order valence-corrected chi connectivity index (χ3v) is 3.83. The second kappa shape index (κ2) is 5.76. The fourth-order valence-corrected chi connectivity index (χ4v) is 2.32. The summed E-state index contributed by atoms with van der Waals surface area (Å²) in [7, 11) is 0. The van der Waals surface area contributed by atoms with Crippen LogP contribution in [0.1, 0.15) is 10.4 Å². The monoisotopic (exact) mass is 316 g/mol. The van der Waals surface area contributed by atoms with E-state index < -0.39 is 5.97 Å². The minimum absolute atomic E-state index is 0.324. The number of hydrogen-bond acceptors (Lipinski definition) is 2. The van der Waals surface area contributed by atoms with Crippen LogP contribution in [-0.2, 0) is 0 Å². The van der Waals surface area contributed by atoms with Crippen molar-refractivity contribution in [2.24, 2.45) is 0 Å². The summed E-state index contributed by atoms with van der Waals surface area (Å²) in [6.45, 7) is 0. The molecule has 0 aliphatic carbocycles. The second-order valence-corrected chi connectivity index (χ2v) is 5.34. The minimum Gasteiger partial charge on any atom is -0.423 e. The van der Waals surface area contributed by atoms with Gasteiger partial charge >= 0.3 is 5.97 Å². The fourth-order valence-electron chi connectivity index (χ4n) is 2.02. The Kier molecular flexibility index (Phi) is 3.82. The molecular formula is C17H10Cl2O2. The Morgan fingerprint density at radius 1 is 0.810 bits per heavy atom. The van der Waals surface area contributed by atoms with Gasteiger partial charge in [-0.25, -0.2) is 4.79 Å². The van der Waals surface area contributed by atoms with Crippen LogP contribution in [0.2, 0.25) is 10.0 Å². The number of hydrogen-bond donors (Lipinski definition) is 0. The van der Waals surface area contributed by atoms with Gasteiger partial charge in [0.2, 0.25) is 0 Å². The number of halogens is 2. The van der Waals surface area contributed by atoms with Crippen LogP contribution in [0.3, 0.4) is 0 Å². The highest BCUT2D eigenvalue weighted by molar-refractivity contribution is 6.42. The molecule has 0 aliphatic heterocycles. The van der Waals surface area contributed by atoms with Crippen molar-refractivity contribution in [2.75, 3.05) is 0 Å². The van der Waals surface area contributed by atoms with Crippen LogP contribution in [-0.4, -0.2) is 5.97 Å². The van der Waals surface area contributed by atoms with Gasteiger partial charge in [-0.3, -0.25) is 0 Å². The Labute approximate surface area is 131 Å². The molecule has 0 amide bonds. The Bertz CT molecular complexity index is 828. The van der Waals surface area contributed by atoms with Crippen molar-refractivity contribution in [3.63, 3.8) is 0 Å². The van der Waals surface area contributed by atoms with Crippen molar-refractivity contribution >= 4 is 39.9 Å². The van der Waals surface area contributed by atoms with Gasteiger partial charge in [-0.1, -0.05) is 53.5 Å². The van der Waals surface area contributed by atoms with E-state index in [0.717, 1.165) is 10.8 Å². The number of fused-ring (bicyclic) bond motifs is 1. The zero-order chi connectivity index (χ0) is 14.8. The first kappa shape index (κ1) is 13.9. The molecule has 0 spiro atoms. The molecule has 0 radical (unpaired) electrons. The normalized spacial score (nSPS) is 10.6. The lowest BCUT2D eigenvalue weighted by atomic mass is 10.1. The van der Waals surface area contributed by atoms with Crippen LogP contribution >= 0.6 is 23.2 Å². The van der Waals surface area contributed by atoms with Crippen molar-refractivity contribution in [1.29, 1.82) is 0 Å². The molecule has 0 bridgehead atoms. The predicted molar refractivity (Wildman–Crippen MR) is 85.4 cm³/mol. The van der Waals surface area contributed by atoms with Crippen molar-refractivity contribution in [3.8, 4) is 5.75 Å². The highest BCUT2D eigenvalue weighted by Crippen LogP contribution is 2.25. The largest absolute Gasteiger partial charge is 0.423 e. The fraction of sp³-hybridized carbons (Fsp3) is 0. The molecular weight excluding hydrogens is 307 g/mol. The molecule has 0 saturated heterocycles. The summed E-state index contributed by atoms with van der Waals surface area (Å²) in [4.78, 5) is 12.1. The zero-order valence-corrected chi connectivity index (χ0v) is 12.4. The molecule has 0 N–H and O–H groups in total. The molecule has 0 atom stereocenters. The number of ether oxygens (including phenoxy) is 1. The number of benzene rings is 3. The molecule has 0 fully saturated rings. The van der Waals surface area contributed by atoms with Gasteiger partial charge in [0.1, 0.15) is 5.75 Å². The van der Waals surface area contributed by atoms with Gasteiger partial charge in [-0.15, -0.1) is 0 Å². The quantitative estimate of drug-likeness (QED) is 0.469. The van der Waals surface area contributed by atoms with Gasteiger partial charge in [0, 0.05) is 0 Å². The molecule has 0 aromatic heterocycles. The Balaban J connectivity index is 1.87. The van der Waals surface area contributed by atoms with E-state index in [2.05, 4.69) is 0 Å². The maximum Gasteiger partial charge on any atom is 0.343 e. The van der Waals surface area contributed by atoms with E-state index in [1.54, 1.807) is 18.2 Å². The molecule has 0 saturated carbocycles. The zero-order valence-electron chi connectivity index (χ0n) is 10.8. The smallest absolute Gasteiger partial charge is 0.343 e. The van der Waals surface area contributed by atoms with E-state index in [-0.39, 0.29) is 0 Å². The summed E-state index contributed by atoms with van der Waals surface area (Å²) >= 11 is 11.7. The van der Waals surface area contributed by atoms with Crippen molar-refractivity contribution < 1.29 is 9.53 Å². The van der Waals surface area contributed by atoms with E-state index in [1.165, 1.54) is 6.07 Å². The van der Waals surface area contributed by atoms with Crippen LogP contribution in [0.5, 0.6) is 5.75 Å². The summed E-state index contributed by atoms with van der Waals surface area (Å²) in [5.74, 6) is 0.0219. The lowest BCUT2D eigenvalue weighted by molar-refractivity contribution is 0.0735. The summed E-state index contributed by atoms with van der Waals surface area (Å²) in [6, 6.07) is 18.0. The van der Waals surface area contributed by atoms with Gasteiger partial charge in [-0.2, -0.15) is 0 Å². The van der Waals surface area contributed by atoms with Crippen LogP contribution < -0.4 is 4.74 Å². The van der Waals surface area contributed by atoms with Gasteiger partial charge in [-0.05, 0) is 41.1 Å². The molecule has 4 heteroatoms. The van der Waals surface area contributed by atoms with Crippen molar-refractivity contribution in [1.82, 2.24) is 0 Å². The van der Waals surface area contributed by atoms with Crippen molar-refractivity contribution in [3.05, 3.63) is 76.3 Å². The average molecular weight is 317 g/mol. The van der Waals surface area contributed by atoms with E-state index in [4.69, 9.17) is 27.9 Å². The van der Waals surface area contributed by atoms with Gasteiger partial charge < -0.3 is 4.74 Å². The summed E-state index contributed by atoms with van der Waals surface area (Å²) in [6.07, 6.45) is 0. The maximum absolute atomic E-state index is 12.1. The van der Waals surface area contributed by atoms with Gasteiger partial charge in [0.25, 0.3) is 0 Å². The SMILES string of the molecule is O=C(Oc1ccc2ccccc2c1)c1ccc(Cl)c(Cl)c1. The third kappa shape index (κ3) is 3.02. The summed E-state index contributed by atoms with van der Waals surface area (Å²) in [5, 5.41) is 2.83. The number of rotatable bonds is 2. The number of carbonyl (C=O) groups is 1. The Morgan fingerprint density at radius 2 is 1.57 bits per heavy atom. The average Bonchev–Trinajstić information content (AvgIpc) is 2.50. The molecule has 2 nitrogen and oxygen atoms in total. The highest BCUT2D eigenvalue weighted by atomic mass is 35.5. The first-order valence-electron chi connectivity index (χ1n) is 6.29. The molecule has 0 aliphatic rings. The van der Waals surface area contributed by atoms with E-state index in [1.807, 2.05) is 36.4 Å². The summed E-state index contributed by atoms with van der Waals surface area (Å²) < 4.78 is 5.36. The lowest BCUT2D eigenvalue weighted by Crippen LogP contribution is -2.08. The number of carbonyl (C=O) groups excluding carboxylic acids is 1. The molecule has 3 aromatic carbocycles. The van der Waals surface area contributed by atoms with E-state index >= 15 is 0 Å². The Hall–Kier alpha value is -2.03. The van der Waals surface area contributed by atoms with E-state index in [9.17, 15) is 4.79 Å². The molecule has 104 valence electrons. The van der Waals surface area contributed by atoms with Crippen LogP contribution in [0.25, 0.3) is 10.8 Å². The molecule has 0 unspecified atom stereocenters. The number of esters is 1. The Morgan fingerprint density at radius 3 is 2.33 bits per heavy atom. The van der Waals surface area contributed by atoms with Gasteiger partial charge in [0.15, 0.2) is 0 Å². The second-order valence-electron chi connectivity index (χ2n) is 4.53. The molecule has 21 heavy (non-hydrogen) atoms. The van der Waals surface area contributed by atoms with Crippen LogP contribution in [0.4, 0.5) is 0 Å². The standard InChI is InChI=1S/C17H10Cl2O2/c18-15-8-6-13(10-16(15)19)17(20)21-14-7-5-11-3-1-2-4-12(11)9-14/h1-10H. The first-order chi connectivity index (χ1) is 10.1. The van der Waals surface area contributed by atoms with Crippen LogP contribution in [0, 0.1) is 0 Å². The van der Waals surface area contributed by atoms with E-state index in [0.29, 0.717) is 21.4 Å². The maximum atomic E-state index is 12.1. The topological polar surface area (TPSA) is 26.3 Å². The van der Waals surface area contributed by atoms with Crippen molar-refractivity contribution in [2.45, 2.75) is 0 Å². The highest BCUT2D eigenvalue weighted by Gasteiger charge is 2.11. The summed E-state index contributed by atoms with van der Waals surface area (Å²) in [5.41, 5.74) is 0.359. The molecule has 0 heterocycles. The molecule has 3 rings (SSSR count). The first-order valence-corrected chi connectivity index (χ1v) is 7.05. The third-order valence-electron chi connectivity index (χ3n) is 3.09. The van der Waals surface area contributed by atoms with Crippen LogP contribution in [0.15, 0.2) is 60.7 Å². The minimum atomic E-state index is -0.469. The van der Waals surface area contributed by atoms with Gasteiger partial charge in [0.05, 0.1) is 15.6 Å². The predicted octanol–water partition coefficient (Wildman–Crippen LogP) is 5.37. The molecule has 3 aromatic rings.